The molecule has 4 rings (SSSR count). The van der Waals surface area contributed by atoms with E-state index in [1.54, 1.807) is 9.80 Å². The maximum Gasteiger partial charge on any atom is 0.410 e. The van der Waals surface area contributed by atoms with E-state index in [9.17, 15) is 14.0 Å². The highest BCUT2D eigenvalue weighted by Crippen LogP contribution is 2.35. The van der Waals surface area contributed by atoms with Crippen molar-refractivity contribution in [2.45, 2.75) is 57.6 Å². The monoisotopic (exact) mass is 456 g/mol. The Bertz CT molecular complexity index is 977. The Balaban J connectivity index is 1.51. The average Bonchev–Trinajstić information content (AvgIpc) is 3.35. The highest BCUT2D eigenvalue weighted by Gasteiger charge is 2.54. The minimum absolute atomic E-state index is 0.160. The number of fused-ring (bicyclic) bond motifs is 1. The van der Waals surface area contributed by atoms with Gasteiger partial charge in [0.2, 0.25) is 0 Å². The van der Waals surface area contributed by atoms with Gasteiger partial charge in [0.05, 0.1) is 18.6 Å². The summed E-state index contributed by atoms with van der Waals surface area (Å²) in [5.74, 6) is 0.102. The Morgan fingerprint density at radius 1 is 1.00 bits per heavy atom. The van der Waals surface area contributed by atoms with Gasteiger partial charge < -0.3 is 14.2 Å². The Hall–Kier alpha value is -3.29. The van der Waals surface area contributed by atoms with Crippen molar-refractivity contribution in [2.24, 2.45) is 0 Å². The summed E-state index contributed by atoms with van der Waals surface area (Å²) >= 11 is 0. The molecular formula is C25H29FN2O5. The lowest BCUT2D eigenvalue weighted by molar-refractivity contribution is 0.0212. The summed E-state index contributed by atoms with van der Waals surface area (Å²) < 4.78 is 30.6. The van der Waals surface area contributed by atoms with Crippen molar-refractivity contribution in [3.8, 4) is 5.75 Å². The first kappa shape index (κ1) is 22.9. The number of rotatable bonds is 4. The van der Waals surface area contributed by atoms with Gasteiger partial charge >= 0.3 is 12.2 Å². The molecule has 2 fully saturated rings. The first-order chi connectivity index (χ1) is 15.7. The molecule has 2 aromatic carbocycles. The molecule has 2 heterocycles. The van der Waals surface area contributed by atoms with Crippen LogP contribution < -0.4 is 4.74 Å². The van der Waals surface area contributed by atoms with Crippen LogP contribution in [0.4, 0.5) is 14.0 Å². The second-order valence-corrected chi connectivity index (χ2v) is 9.32. The van der Waals surface area contributed by atoms with E-state index >= 15 is 0 Å². The van der Waals surface area contributed by atoms with Crippen LogP contribution in [-0.4, -0.2) is 58.9 Å². The fourth-order valence-electron chi connectivity index (χ4n) is 4.37. The number of hydrogen-bond acceptors (Lipinski definition) is 5. The van der Waals surface area contributed by atoms with E-state index in [1.807, 2.05) is 51.1 Å². The normalized spacial score (nSPS) is 22.1. The second kappa shape index (κ2) is 9.29. The predicted octanol–water partition coefficient (Wildman–Crippen LogP) is 4.60. The van der Waals surface area contributed by atoms with E-state index in [4.69, 9.17) is 14.2 Å². The molecule has 0 radical (unpaired) electrons. The molecule has 0 N–H and O–H groups in total. The fraction of sp³-hybridized carbons (Fsp3) is 0.440. The van der Waals surface area contributed by atoms with Crippen LogP contribution in [0, 0.1) is 5.82 Å². The zero-order chi connectivity index (χ0) is 23.6. The zero-order valence-corrected chi connectivity index (χ0v) is 19.1. The van der Waals surface area contributed by atoms with Gasteiger partial charge in [0, 0.05) is 6.54 Å². The molecule has 0 spiro atoms. The minimum Gasteiger partial charge on any atom is -0.486 e. The molecule has 0 bridgehead atoms. The van der Waals surface area contributed by atoms with Gasteiger partial charge in [-0.15, -0.1) is 0 Å². The van der Waals surface area contributed by atoms with Gasteiger partial charge in [0.25, 0.3) is 0 Å². The van der Waals surface area contributed by atoms with E-state index < -0.39 is 29.9 Å². The quantitative estimate of drug-likeness (QED) is 0.673. The van der Waals surface area contributed by atoms with Gasteiger partial charge in [0.15, 0.2) is 0 Å². The van der Waals surface area contributed by atoms with Crippen LogP contribution in [0.15, 0.2) is 54.6 Å². The minimum atomic E-state index is -0.643. The molecule has 2 aliphatic rings. The lowest BCUT2D eigenvalue weighted by atomic mass is 10.1. The van der Waals surface area contributed by atoms with Gasteiger partial charge in [0.1, 0.15) is 29.9 Å². The Morgan fingerprint density at radius 3 is 2.36 bits per heavy atom. The number of carbonyl (C=O) groups excluding carboxylic acids is 2. The van der Waals surface area contributed by atoms with Gasteiger partial charge in [-0.25, -0.2) is 14.0 Å². The highest BCUT2D eigenvalue weighted by atomic mass is 19.1. The molecule has 33 heavy (non-hydrogen) atoms. The Kier molecular flexibility index (Phi) is 6.44. The summed E-state index contributed by atoms with van der Waals surface area (Å²) in [6, 6.07) is 14.5. The standard InChI is InChI=1S/C25H29FN2O5/c1-25(2,3)33-24(30)28-15-21(32-19-11-9-18(26)10-12-19)22-20(28)13-14-27(22)23(29)31-16-17-7-5-4-6-8-17/h4-12,20-22H,13-16H2,1-3H3/t20-,21+,22+/m1/s1. The van der Waals surface area contributed by atoms with Gasteiger partial charge in [-0.3, -0.25) is 9.80 Å². The average molecular weight is 457 g/mol. The van der Waals surface area contributed by atoms with Gasteiger partial charge in [-0.05, 0) is 57.0 Å². The number of amides is 2. The molecule has 0 saturated carbocycles. The van der Waals surface area contributed by atoms with E-state index in [0.717, 1.165) is 5.56 Å². The second-order valence-electron chi connectivity index (χ2n) is 9.32. The maximum atomic E-state index is 13.3. The molecule has 0 aromatic heterocycles. The van der Waals surface area contributed by atoms with Crippen LogP contribution in [0.5, 0.6) is 5.75 Å². The summed E-state index contributed by atoms with van der Waals surface area (Å²) in [6.07, 6.45) is -0.805. The molecule has 0 unspecified atom stereocenters. The van der Waals surface area contributed by atoms with Crippen LogP contribution in [0.2, 0.25) is 0 Å². The molecule has 2 amide bonds. The summed E-state index contributed by atoms with van der Waals surface area (Å²) in [4.78, 5) is 29.1. The van der Waals surface area contributed by atoms with Gasteiger partial charge in [-0.2, -0.15) is 0 Å². The van der Waals surface area contributed by atoms with E-state index in [2.05, 4.69) is 0 Å². The lowest BCUT2D eigenvalue weighted by Gasteiger charge is -2.28. The summed E-state index contributed by atoms with van der Waals surface area (Å²) in [5.41, 5.74) is 0.248. The van der Waals surface area contributed by atoms with Crippen molar-refractivity contribution in [1.82, 2.24) is 9.80 Å². The van der Waals surface area contributed by atoms with Crippen molar-refractivity contribution in [3.63, 3.8) is 0 Å². The summed E-state index contributed by atoms with van der Waals surface area (Å²) in [7, 11) is 0. The van der Waals surface area contributed by atoms with Crippen molar-refractivity contribution in [2.75, 3.05) is 13.1 Å². The van der Waals surface area contributed by atoms with Gasteiger partial charge in [-0.1, -0.05) is 30.3 Å². The molecule has 0 aliphatic carbocycles. The predicted molar refractivity (Wildman–Crippen MR) is 119 cm³/mol. The van der Waals surface area contributed by atoms with Crippen LogP contribution in [0.25, 0.3) is 0 Å². The zero-order valence-electron chi connectivity index (χ0n) is 19.1. The third-order valence-corrected chi connectivity index (χ3v) is 5.75. The first-order valence-electron chi connectivity index (χ1n) is 11.1. The van der Waals surface area contributed by atoms with E-state index in [1.165, 1.54) is 24.3 Å². The Labute approximate surface area is 193 Å². The highest BCUT2D eigenvalue weighted by molar-refractivity contribution is 5.72. The topological polar surface area (TPSA) is 68.3 Å². The lowest BCUT2D eigenvalue weighted by Crippen LogP contribution is -2.47. The largest absolute Gasteiger partial charge is 0.486 e. The summed E-state index contributed by atoms with van der Waals surface area (Å²) in [5, 5.41) is 0. The molecule has 7 nitrogen and oxygen atoms in total. The van der Waals surface area contributed by atoms with Crippen LogP contribution in [0.3, 0.4) is 0 Å². The SMILES string of the molecule is CC(C)(C)OC(=O)N1C[C@H](Oc2ccc(F)cc2)[C@@H]2[C@H]1CCN2C(=O)OCc1ccccc1. The van der Waals surface area contributed by atoms with Crippen molar-refractivity contribution in [1.29, 1.82) is 0 Å². The third-order valence-electron chi connectivity index (χ3n) is 5.75. The molecular weight excluding hydrogens is 427 g/mol. The van der Waals surface area contributed by atoms with Crippen molar-refractivity contribution >= 4 is 12.2 Å². The van der Waals surface area contributed by atoms with E-state index in [0.29, 0.717) is 18.7 Å². The number of halogens is 1. The first-order valence-corrected chi connectivity index (χ1v) is 11.1. The maximum absolute atomic E-state index is 13.3. The third kappa shape index (κ3) is 5.38. The van der Waals surface area contributed by atoms with Crippen LogP contribution in [-0.2, 0) is 16.1 Å². The fourth-order valence-corrected chi connectivity index (χ4v) is 4.37. The number of carbonyl (C=O) groups is 2. The number of hydrogen-bond donors (Lipinski definition) is 0. The Morgan fingerprint density at radius 2 is 1.70 bits per heavy atom. The molecule has 2 aliphatic heterocycles. The van der Waals surface area contributed by atoms with Crippen LogP contribution >= 0.6 is 0 Å². The molecule has 176 valence electrons. The van der Waals surface area contributed by atoms with Crippen molar-refractivity contribution in [3.05, 3.63) is 66.0 Å². The number of nitrogens with zero attached hydrogens (tertiary/aromatic N) is 2. The molecule has 2 saturated heterocycles. The molecule has 2 aromatic rings. The number of benzene rings is 2. The van der Waals surface area contributed by atoms with Crippen LogP contribution in [0.1, 0.15) is 32.8 Å². The smallest absolute Gasteiger partial charge is 0.410 e. The number of likely N-dealkylation sites (tertiary alicyclic amines) is 2. The van der Waals surface area contributed by atoms with E-state index in [-0.39, 0.29) is 25.0 Å². The number of ether oxygens (including phenoxy) is 3. The summed E-state index contributed by atoms with van der Waals surface area (Å²) in [6.45, 7) is 6.29. The molecule has 3 atom stereocenters. The van der Waals surface area contributed by atoms with Crippen molar-refractivity contribution < 1.29 is 28.2 Å². The molecule has 8 heteroatoms.